The van der Waals surface area contributed by atoms with Gasteiger partial charge in [-0.05, 0) is 37.6 Å². The summed E-state index contributed by atoms with van der Waals surface area (Å²) in [5.41, 5.74) is 5.81. The number of carbonyl (C=O) groups is 1. The maximum absolute atomic E-state index is 12.2. The minimum atomic E-state index is -3.29. The van der Waals surface area contributed by atoms with Gasteiger partial charge in [0.25, 0.3) is 5.91 Å². The summed E-state index contributed by atoms with van der Waals surface area (Å²) in [6.45, 7) is 1.30. The fourth-order valence-electron chi connectivity index (χ4n) is 1.85. The molecular weight excluding hydrogens is 276 g/mol. The van der Waals surface area contributed by atoms with Crippen LogP contribution in [0.4, 0.5) is 0 Å². The molecule has 0 atom stereocenters. The fourth-order valence-corrected chi connectivity index (χ4v) is 2.52. The number of amides is 1. The third-order valence-corrected chi connectivity index (χ3v) is 4.16. The van der Waals surface area contributed by atoms with Gasteiger partial charge >= 0.3 is 0 Å². The van der Waals surface area contributed by atoms with Crippen LogP contribution >= 0.6 is 0 Å². The Kier molecular flexibility index (Phi) is 6.16. The number of nitrogens with two attached hydrogens (primary N) is 1. The van der Waals surface area contributed by atoms with Crippen molar-refractivity contribution in [2.75, 3.05) is 26.4 Å². The molecule has 1 amide bonds. The van der Waals surface area contributed by atoms with Crippen LogP contribution in [0.3, 0.4) is 0 Å². The predicted molar refractivity (Wildman–Crippen MR) is 79.4 cm³/mol. The standard InChI is InChI=1S/C14H22N2O3S/c1-16(10-5-3-4-9-15)14(17)12-7-6-8-13(11-12)20(2,18)19/h6-8,11H,3-5,9-10,15H2,1-2H3. The number of nitrogens with zero attached hydrogens (tertiary/aromatic N) is 1. The number of hydrogen-bond donors (Lipinski definition) is 1. The molecule has 0 saturated heterocycles. The average molecular weight is 298 g/mol. The lowest BCUT2D eigenvalue weighted by Gasteiger charge is -2.17. The van der Waals surface area contributed by atoms with Crippen LogP contribution in [0.2, 0.25) is 0 Å². The number of carbonyl (C=O) groups excluding carboxylic acids is 1. The van der Waals surface area contributed by atoms with E-state index in [1.165, 1.54) is 12.1 Å². The van der Waals surface area contributed by atoms with E-state index in [2.05, 4.69) is 0 Å². The van der Waals surface area contributed by atoms with E-state index in [4.69, 9.17) is 5.73 Å². The summed E-state index contributed by atoms with van der Waals surface area (Å²) < 4.78 is 23.0. The van der Waals surface area contributed by atoms with Gasteiger partial charge < -0.3 is 10.6 Å². The lowest BCUT2D eigenvalue weighted by Crippen LogP contribution is -2.28. The average Bonchev–Trinajstić information content (AvgIpc) is 2.42. The van der Waals surface area contributed by atoms with Gasteiger partial charge in [-0.25, -0.2) is 8.42 Å². The molecule has 0 bridgehead atoms. The molecule has 20 heavy (non-hydrogen) atoms. The highest BCUT2D eigenvalue weighted by Gasteiger charge is 2.14. The van der Waals surface area contributed by atoms with Crippen molar-refractivity contribution >= 4 is 15.7 Å². The van der Waals surface area contributed by atoms with Crippen molar-refractivity contribution in [3.05, 3.63) is 29.8 Å². The van der Waals surface area contributed by atoms with Gasteiger partial charge in [-0.2, -0.15) is 0 Å². The van der Waals surface area contributed by atoms with Gasteiger partial charge in [0.2, 0.25) is 0 Å². The molecular formula is C14H22N2O3S. The van der Waals surface area contributed by atoms with Crippen LogP contribution < -0.4 is 5.73 Å². The molecule has 112 valence electrons. The molecule has 5 nitrogen and oxygen atoms in total. The monoisotopic (exact) mass is 298 g/mol. The normalized spacial score (nSPS) is 11.3. The van der Waals surface area contributed by atoms with E-state index in [1.54, 1.807) is 24.1 Å². The molecule has 0 saturated carbocycles. The molecule has 0 aromatic heterocycles. The largest absolute Gasteiger partial charge is 0.342 e. The third-order valence-electron chi connectivity index (χ3n) is 3.05. The Morgan fingerprint density at radius 2 is 1.95 bits per heavy atom. The molecule has 6 heteroatoms. The zero-order valence-corrected chi connectivity index (χ0v) is 12.8. The highest BCUT2D eigenvalue weighted by atomic mass is 32.2. The maximum atomic E-state index is 12.2. The maximum Gasteiger partial charge on any atom is 0.253 e. The predicted octanol–water partition coefficient (Wildman–Crippen LogP) is 1.29. The van der Waals surface area contributed by atoms with E-state index in [1.807, 2.05) is 0 Å². The van der Waals surface area contributed by atoms with Crippen molar-refractivity contribution in [2.24, 2.45) is 5.73 Å². The van der Waals surface area contributed by atoms with E-state index in [0.29, 0.717) is 18.7 Å². The molecule has 0 fully saturated rings. The van der Waals surface area contributed by atoms with Crippen molar-refractivity contribution in [1.82, 2.24) is 4.90 Å². The van der Waals surface area contributed by atoms with Crippen LogP contribution in [0.15, 0.2) is 29.2 Å². The molecule has 1 rings (SSSR count). The van der Waals surface area contributed by atoms with Crippen LogP contribution in [0.25, 0.3) is 0 Å². The van der Waals surface area contributed by atoms with Crippen molar-refractivity contribution in [3.8, 4) is 0 Å². The Labute approximate surface area is 120 Å². The Balaban J connectivity index is 2.72. The molecule has 2 N–H and O–H groups in total. The van der Waals surface area contributed by atoms with Gasteiger partial charge in [-0.15, -0.1) is 0 Å². The van der Waals surface area contributed by atoms with Gasteiger partial charge in [-0.3, -0.25) is 4.79 Å². The number of benzene rings is 1. The molecule has 0 heterocycles. The molecule has 0 spiro atoms. The van der Waals surface area contributed by atoms with Crippen molar-refractivity contribution in [3.63, 3.8) is 0 Å². The van der Waals surface area contributed by atoms with Crippen LogP contribution in [0.1, 0.15) is 29.6 Å². The van der Waals surface area contributed by atoms with Crippen LogP contribution in [0, 0.1) is 0 Å². The van der Waals surface area contributed by atoms with Gasteiger partial charge in [0, 0.05) is 25.4 Å². The topological polar surface area (TPSA) is 80.5 Å². The summed E-state index contributed by atoms with van der Waals surface area (Å²) in [7, 11) is -1.57. The summed E-state index contributed by atoms with van der Waals surface area (Å²) >= 11 is 0. The third kappa shape index (κ3) is 4.94. The molecule has 0 aliphatic rings. The first-order valence-corrected chi connectivity index (χ1v) is 8.51. The molecule has 1 aromatic rings. The van der Waals surface area contributed by atoms with Gasteiger partial charge in [0.1, 0.15) is 0 Å². The minimum Gasteiger partial charge on any atom is -0.342 e. The zero-order valence-electron chi connectivity index (χ0n) is 12.0. The van der Waals surface area contributed by atoms with Crippen LogP contribution in [-0.2, 0) is 9.84 Å². The molecule has 0 aliphatic heterocycles. The Morgan fingerprint density at radius 3 is 2.55 bits per heavy atom. The summed E-state index contributed by atoms with van der Waals surface area (Å²) in [4.78, 5) is 14.0. The van der Waals surface area contributed by atoms with Crippen molar-refractivity contribution in [2.45, 2.75) is 24.2 Å². The lowest BCUT2D eigenvalue weighted by molar-refractivity contribution is 0.0792. The Morgan fingerprint density at radius 1 is 1.25 bits per heavy atom. The summed E-state index contributed by atoms with van der Waals surface area (Å²) in [5.74, 6) is -0.164. The Bertz CT molecular complexity index is 555. The summed E-state index contributed by atoms with van der Waals surface area (Å²) in [6, 6.07) is 6.14. The number of unbranched alkanes of at least 4 members (excludes halogenated alkanes) is 2. The van der Waals surface area contributed by atoms with Crippen LogP contribution in [0.5, 0.6) is 0 Å². The number of rotatable bonds is 7. The Hall–Kier alpha value is -1.40. The first-order valence-electron chi connectivity index (χ1n) is 6.62. The van der Waals surface area contributed by atoms with Gasteiger partial charge in [-0.1, -0.05) is 12.5 Å². The first kappa shape index (κ1) is 16.7. The van der Waals surface area contributed by atoms with E-state index in [0.717, 1.165) is 25.5 Å². The highest BCUT2D eigenvalue weighted by Crippen LogP contribution is 2.13. The second kappa shape index (κ2) is 7.40. The highest BCUT2D eigenvalue weighted by molar-refractivity contribution is 7.90. The van der Waals surface area contributed by atoms with E-state index in [-0.39, 0.29) is 10.8 Å². The molecule has 0 unspecified atom stereocenters. The summed E-state index contributed by atoms with van der Waals surface area (Å²) in [5, 5.41) is 0. The lowest BCUT2D eigenvalue weighted by atomic mass is 10.2. The van der Waals surface area contributed by atoms with Crippen LogP contribution in [-0.4, -0.2) is 45.6 Å². The van der Waals surface area contributed by atoms with Crippen molar-refractivity contribution in [1.29, 1.82) is 0 Å². The number of sulfone groups is 1. The minimum absolute atomic E-state index is 0.164. The second-order valence-electron chi connectivity index (χ2n) is 4.88. The second-order valence-corrected chi connectivity index (χ2v) is 6.89. The molecule has 0 radical (unpaired) electrons. The first-order chi connectivity index (χ1) is 9.36. The van der Waals surface area contributed by atoms with E-state index >= 15 is 0 Å². The van der Waals surface area contributed by atoms with E-state index in [9.17, 15) is 13.2 Å². The van der Waals surface area contributed by atoms with Gasteiger partial charge in [0.15, 0.2) is 9.84 Å². The fraction of sp³-hybridized carbons (Fsp3) is 0.500. The van der Waals surface area contributed by atoms with Gasteiger partial charge in [0.05, 0.1) is 4.90 Å². The van der Waals surface area contributed by atoms with Crippen molar-refractivity contribution < 1.29 is 13.2 Å². The van der Waals surface area contributed by atoms with E-state index < -0.39 is 9.84 Å². The molecule has 0 aliphatic carbocycles. The zero-order chi connectivity index (χ0) is 15.2. The quantitative estimate of drug-likeness (QED) is 0.769. The number of hydrogen-bond acceptors (Lipinski definition) is 4. The summed E-state index contributed by atoms with van der Waals surface area (Å²) in [6.07, 6.45) is 3.96. The smallest absolute Gasteiger partial charge is 0.253 e. The SMILES string of the molecule is CN(CCCCCN)C(=O)c1cccc(S(C)(=O)=O)c1. The molecule has 1 aromatic carbocycles.